The van der Waals surface area contributed by atoms with E-state index in [1.54, 1.807) is 42.5 Å². The summed E-state index contributed by atoms with van der Waals surface area (Å²) in [5, 5.41) is 14.9. The molecule has 0 spiro atoms. The SMILES string of the molecule is CC.Cc1ccc(S(=O)(=O)N(C)C[C@@H]2Oc3c(NC(=O)Nc4ccc(F)cc4)cccc3C(=O)N(CCO)C[C@H]2C)cc1. The number of benzene rings is 3. The third-order valence-electron chi connectivity index (χ3n) is 6.83. The molecular formula is C31H39FN4O6S. The van der Waals surface area contributed by atoms with Crippen LogP contribution in [-0.2, 0) is 10.0 Å². The number of carbonyl (C=O) groups is 2. The first kappa shape index (κ1) is 33.5. The Bertz CT molecular complexity index is 1500. The van der Waals surface area contributed by atoms with Crippen LogP contribution >= 0.6 is 0 Å². The topological polar surface area (TPSA) is 128 Å². The van der Waals surface area contributed by atoms with Gasteiger partial charge >= 0.3 is 6.03 Å². The van der Waals surface area contributed by atoms with Gasteiger partial charge < -0.3 is 25.4 Å². The van der Waals surface area contributed by atoms with Gasteiger partial charge in [0.15, 0.2) is 5.75 Å². The summed E-state index contributed by atoms with van der Waals surface area (Å²) in [5.41, 5.74) is 1.61. The predicted molar refractivity (Wildman–Crippen MR) is 164 cm³/mol. The minimum Gasteiger partial charge on any atom is -0.486 e. The van der Waals surface area contributed by atoms with Gasteiger partial charge in [-0.25, -0.2) is 17.6 Å². The number of rotatable bonds is 8. The van der Waals surface area contributed by atoms with Gasteiger partial charge in [-0.1, -0.05) is 44.5 Å². The molecule has 0 saturated carbocycles. The van der Waals surface area contributed by atoms with E-state index in [2.05, 4.69) is 10.6 Å². The molecule has 1 aliphatic rings. The van der Waals surface area contributed by atoms with Crippen LogP contribution in [0, 0.1) is 18.7 Å². The number of sulfonamides is 1. The van der Waals surface area contributed by atoms with Crippen LogP contribution in [0.2, 0.25) is 0 Å². The van der Waals surface area contributed by atoms with Crippen LogP contribution in [0.5, 0.6) is 5.75 Å². The molecule has 0 radical (unpaired) electrons. The number of β-amino-alcohol motifs (C(OH)–C–C–N with tert-alkyl or cyclic N) is 1. The Morgan fingerprint density at radius 1 is 1.07 bits per heavy atom. The minimum absolute atomic E-state index is 0.0475. The molecular weight excluding hydrogens is 575 g/mol. The zero-order valence-corrected chi connectivity index (χ0v) is 25.8. The van der Waals surface area contributed by atoms with Crippen LogP contribution in [0.25, 0.3) is 0 Å². The molecule has 2 atom stereocenters. The number of carbonyl (C=O) groups excluding carboxylic acids is 2. The normalized spacial score (nSPS) is 16.7. The van der Waals surface area contributed by atoms with Gasteiger partial charge in [-0.3, -0.25) is 4.79 Å². The lowest BCUT2D eigenvalue weighted by atomic mass is 10.0. The summed E-state index contributed by atoms with van der Waals surface area (Å²) in [6.45, 7) is 7.66. The Kier molecular flexibility index (Phi) is 11.6. The van der Waals surface area contributed by atoms with Crippen LogP contribution in [0.4, 0.5) is 20.6 Å². The van der Waals surface area contributed by atoms with Crippen LogP contribution < -0.4 is 15.4 Å². The largest absolute Gasteiger partial charge is 0.486 e. The molecule has 0 bridgehead atoms. The van der Waals surface area contributed by atoms with Crippen molar-refractivity contribution < 1.29 is 32.2 Å². The minimum atomic E-state index is -3.85. The molecule has 3 N–H and O–H groups in total. The van der Waals surface area contributed by atoms with Gasteiger partial charge in [-0.15, -0.1) is 0 Å². The van der Waals surface area contributed by atoms with Crippen molar-refractivity contribution >= 4 is 33.3 Å². The van der Waals surface area contributed by atoms with E-state index in [0.717, 1.165) is 5.56 Å². The number of para-hydroxylation sites is 1. The number of fused-ring (bicyclic) bond motifs is 1. The number of ether oxygens (including phenoxy) is 1. The second-order valence-corrected chi connectivity index (χ2v) is 12.0. The number of aliphatic hydroxyl groups is 1. The molecule has 10 nitrogen and oxygen atoms in total. The lowest BCUT2D eigenvalue weighted by molar-refractivity contribution is 0.0512. The van der Waals surface area contributed by atoms with Crippen molar-refractivity contribution in [1.82, 2.24) is 9.21 Å². The average molecular weight is 615 g/mol. The van der Waals surface area contributed by atoms with Crippen molar-refractivity contribution in [3.8, 4) is 5.75 Å². The molecule has 0 saturated heterocycles. The number of anilines is 2. The molecule has 1 heterocycles. The maximum absolute atomic E-state index is 13.5. The number of nitrogens with zero attached hydrogens (tertiary/aromatic N) is 2. The lowest BCUT2D eigenvalue weighted by Gasteiger charge is -2.36. The van der Waals surface area contributed by atoms with Crippen LogP contribution in [-0.4, -0.2) is 74.1 Å². The van der Waals surface area contributed by atoms with E-state index in [4.69, 9.17) is 4.74 Å². The van der Waals surface area contributed by atoms with Crippen LogP contribution in [0.3, 0.4) is 0 Å². The summed E-state index contributed by atoms with van der Waals surface area (Å²) in [6, 6.07) is 15.8. The summed E-state index contributed by atoms with van der Waals surface area (Å²) < 4.78 is 47.5. The predicted octanol–water partition coefficient (Wildman–Crippen LogP) is 4.96. The summed E-state index contributed by atoms with van der Waals surface area (Å²) in [6.07, 6.45) is -0.726. The van der Waals surface area contributed by atoms with Crippen molar-refractivity contribution in [1.29, 1.82) is 0 Å². The fraction of sp³-hybridized carbons (Fsp3) is 0.355. The number of aryl methyl sites for hydroxylation is 1. The number of urea groups is 1. The van der Waals surface area contributed by atoms with Crippen molar-refractivity contribution in [2.24, 2.45) is 5.92 Å². The van der Waals surface area contributed by atoms with Gasteiger partial charge in [0, 0.05) is 31.7 Å². The number of amides is 3. The van der Waals surface area contributed by atoms with Gasteiger partial charge in [-0.2, -0.15) is 4.31 Å². The van der Waals surface area contributed by atoms with E-state index in [9.17, 15) is 27.5 Å². The Balaban J connectivity index is 0.00000248. The van der Waals surface area contributed by atoms with E-state index in [1.807, 2.05) is 27.7 Å². The molecule has 4 rings (SSSR count). The Morgan fingerprint density at radius 3 is 2.35 bits per heavy atom. The highest BCUT2D eigenvalue weighted by Gasteiger charge is 2.34. The Morgan fingerprint density at radius 2 is 1.72 bits per heavy atom. The number of hydrogen-bond donors (Lipinski definition) is 3. The molecule has 0 aliphatic carbocycles. The van der Waals surface area contributed by atoms with Gasteiger partial charge in [0.1, 0.15) is 11.9 Å². The number of aliphatic hydroxyl groups excluding tert-OH is 1. The summed E-state index contributed by atoms with van der Waals surface area (Å²) in [5.74, 6) is -1.13. The standard InChI is InChI=1S/C29H33FN4O6S.C2H6/c1-19-7-13-23(14-8-19)41(38,39)33(3)18-26-20(2)17-34(15-16-35)28(36)24-5-4-6-25(27(24)40-26)32-29(37)31-22-11-9-21(30)10-12-22;1-2/h4-14,20,26,35H,15-18H2,1-3H3,(H2,31,32,37);1-2H3/t20-,26+;/m1./s1. The van der Waals surface area contributed by atoms with Crippen molar-refractivity contribution in [2.45, 2.75) is 38.7 Å². The molecule has 43 heavy (non-hydrogen) atoms. The molecule has 0 aromatic heterocycles. The maximum Gasteiger partial charge on any atom is 0.323 e. The molecule has 1 aliphatic heterocycles. The van der Waals surface area contributed by atoms with E-state index < -0.39 is 33.9 Å². The lowest BCUT2D eigenvalue weighted by Crippen LogP contribution is -2.48. The molecule has 0 fully saturated rings. The fourth-order valence-corrected chi connectivity index (χ4v) is 5.69. The van der Waals surface area contributed by atoms with E-state index >= 15 is 0 Å². The first-order valence-electron chi connectivity index (χ1n) is 14.1. The highest BCUT2D eigenvalue weighted by molar-refractivity contribution is 7.89. The number of likely N-dealkylation sites (N-methyl/N-ethyl adjacent to an activating group) is 1. The first-order chi connectivity index (χ1) is 20.5. The van der Waals surface area contributed by atoms with Gasteiger partial charge in [0.2, 0.25) is 10.0 Å². The first-order valence-corrected chi connectivity index (χ1v) is 15.5. The highest BCUT2D eigenvalue weighted by Crippen LogP contribution is 2.35. The molecule has 12 heteroatoms. The summed E-state index contributed by atoms with van der Waals surface area (Å²) >= 11 is 0. The van der Waals surface area contributed by atoms with Gasteiger partial charge in [0.25, 0.3) is 5.91 Å². The Hall–Kier alpha value is -4.00. The Labute approximate surface area is 252 Å². The highest BCUT2D eigenvalue weighted by atomic mass is 32.2. The zero-order chi connectivity index (χ0) is 31.7. The average Bonchev–Trinajstić information content (AvgIpc) is 2.98. The molecule has 0 unspecified atom stereocenters. The van der Waals surface area contributed by atoms with Gasteiger partial charge in [0.05, 0.1) is 29.3 Å². The zero-order valence-electron chi connectivity index (χ0n) is 25.0. The molecule has 232 valence electrons. The second-order valence-electron chi connectivity index (χ2n) is 9.98. The third-order valence-corrected chi connectivity index (χ3v) is 8.67. The summed E-state index contributed by atoms with van der Waals surface area (Å²) in [7, 11) is -2.39. The monoisotopic (exact) mass is 614 g/mol. The van der Waals surface area contributed by atoms with Crippen molar-refractivity contribution in [3.05, 3.63) is 83.7 Å². The number of halogens is 1. The number of hydrogen-bond acceptors (Lipinski definition) is 6. The van der Waals surface area contributed by atoms with Gasteiger partial charge in [-0.05, 0) is 55.5 Å². The smallest absolute Gasteiger partial charge is 0.323 e. The van der Waals surface area contributed by atoms with Crippen molar-refractivity contribution in [3.63, 3.8) is 0 Å². The van der Waals surface area contributed by atoms with Crippen LogP contribution in [0.15, 0.2) is 71.6 Å². The third kappa shape index (κ3) is 8.31. The van der Waals surface area contributed by atoms with E-state index in [0.29, 0.717) is 5.69 Å². The van der Waals surface area contributed by atoms with Crippen molar-refractivity contribution in [2.75, 3.05) is 43.9 Å². The quantitative estimate of drug-likeness (QED) is 0.329. The molecule has 3 aromatic carbocycles. The maximum atomic E-state index is 13.5. The van der Waals surface area contributed by atoms with E-state index in [1.165, 1.54) is 40.5 Å². The fourth-order valence-electron chi connectivity index (χ4n) is 4.51. The number of nitrogens with one attached hydrogen (secondary N) is 2. The van der Waals surface area contributed by atoms with E-state index in [-0.39, 0.29) is 54.1 Å². The molecule has 3 aromatic rings. The summed E-state index contributed by atoms with van der Waals surface area (Å²) in [4.78, 5) is 27.9. The molecule has 3 amide bonds. The second kappa shape index (κ2) is 14.9. The van der Waals surface area contributed by atoms with Crippen LogP contribution in [0.1, 0.15) is 36.7 Å².